The number of hydrogen-bond acceptors (Lipinski definition) is 14. The van der Waals surface area contributed by atoms with E-state index in [1.54, 1.807) is 14.0 Å². The van der Waals surface area contributed by atoms with E-state index in [9.17, 15) is 35.1 Å². The Morgan fingerprint density at radius 2 is 1.45 bits per heavy atom. The van der Waals surface area contributed by atoms with Gasteiger partial charge in [-0.1, -0.05) is 82.9 Å². The second-order valence-corrected chi connectivity index (χ2v) is 22.4. The van der Waals surface area contributed by atoms with Gasteiger partial charge in [0.05, 0.1) is 36.6 Å². The third-order valence-electron chi connectivity index (χ3n) is 17.7. The maximum atomic E-state index is 15.4. The van der Waals surface area contributed by atoms with E-state index in [2.05, 4.69) is 19.9 Å². The van der Waals surface area contributed by atoms with Gasteiger partial charge in [-0.2, -0.15) is 0 Å². The summed E-state index contributed by atoms with van der Waals surface area (Å²) in [5.74, 6) is -5.03. The number of carbonyl (C=O) groups excluding carboxylic acids is 3. The van der Waals surface area contributed by atoms with Crippen molar-refractivity contribution in [1.29, 1.82) is 0 Å². The van der Waals surface area contributed by atoms with E-state index >= 15 is 4.79 Å². The Morgan fingerprint density at radius 1 is 0.806 bits per heavy atom. The summed E-state index contributed by atoms with van der Waals surface area (Å²) in [4.78, 5) is 43.6. The van der Waals surface area contributed by atoms with Crippen molar-refractivity contribution in [3.8, 4) is 0 Å². The Hall–Kier alpha value is -2.79. The second kappa shape index (κ2) is 19.8. The van der Waals surface area contributed by atoms with Crippen LogP contribution in [-0.4, -0.2) is 124 Å². The third kappa shape index (κ3) is 9.23. The molecule has 3 aliphatic heterocycles. The van der Waals surface area contributed by atoms with Crippen molar-refractivity contribution in [2.45, 2.75) is 195 Å². The van der Waals surface area contributed by atoms with Crippen molar-refractivity contribution in [2.75, 3.05) is 13.7 Å². The van der Waals surface area contributed by atoms with Gasteiger partial charge in [0.25, 0.3) is 0 Å². The molecule has 0 amide bonds. The standard InChI is InChI=1S/C53H80O14/c1-25-14-13-15-51(10)22-29(5)30(6)23-53(51)49(60)42(50(61)67-53)48(59)52(11)43(27(3)18-35-37(56)19-36(55)31(7)44(35)52)26(2)16-34(24-54)17-28(4)46(25)65-41-21-39(62-12)47(33(9)64-41)66-40-20-38(57)45(58)32(8)63-40/h16,18,22,25,28,30-35,37-41,43-47,54,56-59H,13-15,17,19-21,23-24H2,1-12H3/t25-,28-,30-,31+,32-,33-,34+,35-,37+,38+,39-,40+,41-,43+,44-,45-,46-,47-,51-,52+,53-/m1/s1. The van der Waals surface area contributed by atoms with Crippen LogP contribution in [0.25, 0.3) is 0 Å². The van der Waals surface area contributed by atoms with Gasteiger partial charge in [0.15, 0.2) is 18.2 Å². The van der Waals surface area contributed by atoms with Crippen LogP contribution in [0.5, 0.6) is 0 Å². The Kier molecular flexibility index (Phi) is 15.4. The lowest BCUT2D eigenvalue weighted by Gasteiger charge is -2.55. The van der Waals surface area contributed by atoms with Gasteiger partial charge in [0.1, 0.15) is 29.3 Å². The van der Waals surface area contributed by atoms with Gasteiger partial charge in [-0.3, -0.25) is 9.59 Å². The molecular formula is C53H80O14. The highest BCUT2D eigenvalue weighted by Crippen LogP contribution is 2.62. The number of esters is 1. The first-order chi connectivity index (χ1) is 31.4. The van der Waals surface area contributed by atoms with Crippen molar-refractivity contribution in [3.05, 3.63) is 46.3 Å². The molecule has 4 aliphatic carbocycles. The Balaban J connectivity index is 1.28. The lowest BCUT2D eigenvalue weighted by Crippen LogP contribution is -2.56. The molecule has 0 radical (unpaired) electrons. The van der Waals surface area contributed by atoms with E-state index in [0.29, 0.717) is 32.1 Å². The van der Waals surface area contributed by atoms with E-state index in [1.807, 2.05) is 67.5 Å². The number of ether oxygens (including phenoxy) is 6. The third-order valence-corrected chi connectivity index (χ3v) is 17.7. The van der Waals surface area contributed by atoms with Gasteiger partial charge in [0, 0.05) is 73.9 Å². The maximum Gasteiger partial charge on any atom is 0.346 e. The van der Waals surface area contributed by atoms with Gasteiger partial charge in [-0.05, 0) is 77.6 Å². The van der Waals surface area contributed by atoms with Crippen molar-refractivity contribution in [2.24, 2.45) is 58.2 Å². The highest BCUT2D eigenvalue weighted by atomic mass is 16.7. The van der Waals surface area contributed by atoms with Gasteiger partial charge < -0.3 is 54.0 Å². The fraction of sp³-hybridized carbons (Fsp3) is 0.792. The molecule has 3 saturated heterocycles. The molecule has 0 aromatic carbocycles. The molecule has 67 heavy (non-hydrogen) atoms. The SMILES string of the molecule is CO[C@@H]1C[C@@H](O[C@@H]2[C@H](C)CCC[C@]3(C)C=C(C)[C@H](C)C[C@]34OC(=O)C(=C(O)[C@@]3(C)[C@@H](C(C)=C[C@H](CO)C[C@H]2C)C(C)=C[C@H]2[C@H]3[C@@H](C)C(=O)C[C@@H]2O)C4=O)O[C@H](C)[C@H]1O[C@H]1C[C@H](O)[C@H](O)[C@@H](C)O1. The van der Waals surface area contributed by atoms with Crippen LogP contribution in [-0.2, 0) is 42.8 Å². The molecule has 4 fully saturated rings. The summed E-state index contributed by atoms with van der Waals surface area (Å²) in [5.41, 5.74) is -1.60. The van der Waals surface area contributed by atoms with Crippen LogP contribution in [0.4, 0.5) is 0 Å². The molecule has 0 aromatic heterocycles. The van der Waals surface area contributed by atoms with Crippen molar-refractivity contribution in [3.63, 3.8) is 0 Å². The molecule has 5 N–H and O–H groups in total. The molecule has 14 nitrogen and oxygen atoms in total. The number of Topliss-reactive ketones (excluding diaryl/α,β-unsaturated/α-hetero) is 2. The molecule has 14 heteroatoms. The molecule has 7 aliphatic rings. The van der Waals surface area contributed by atoms with Gasteiger partial charge >= 0.3 is 5.97 Å². The number of rotatable bonds is 6. The number of fused-ring (bicyclic) bond motifs is 4. The molecule has 0 aromatic rings. The molecule has 1 saturated carbocycles. The topological polar surface area (TPSA) is 208 Å². The highest BCUT2D eigenvalue weighted by Gasteiger charge is 2.67. The predicted molar refractivity (Wildman–Crippen MR) is 248 cm³/mol. The van der Waals surface area contributed by atoms with Crippen LogP contribution in [0.15, 0.2) is 46.3 Å². The lowest BCUT2D eigenvalue weighted by molar-refractivity contribution is -0.321. The van der Waals surface area contributed by atoms with E-state index in [4.69, 9.17) is 28.4 Å². The number of hydrogen-bond donors (Lipinski definition) is 5. The first-order valence-corrected chi connectivity index (χ1v) is 25.0. The van der Waals surface area contributed by atoms with E-state index < -0.39 is 113 Å². The second-order valence-electron chi connectivity index (χ2n) is 22.4. The van der Waals surface area contributed by atoms with Crippen LogP contribution in [0.3, 0.4) is 0 Å². The fourth-order valence-corrected chi connectivity index (χ4v) is 14.1. The quantitative estimate of drug-likeness (QED) is 0.108. The summed E-state index contributed by atoms with van der Waals surface area (Å²) in [7, 11) is 1.61. The monoisotopic (exact) mass is 941 g/mol. The van der Waals surface area contributed by atoms with Gasteiger partial charge in [0.2, 0.25) is 5.78 Å². The molecule has 3 heterocycles. The number of aliphatic hydroxyl groups excluding tert-OH is 5. The maximum absolute atomic E-state index is 15.4. The first-order valence-electron chi connectivity index (χ1n) is 25.0. The molecule has 1 spiro atoms. The number of aliphatic hydroxyl groups is 5. The van der Waals surface area contributed by atoms with E-state index in [-0.39, 0.29) is 67.0 Å². The zero-order valence-electron chi connectivity index (χ0n) is 41.9. The zero-order valence-corrected chi connectivity index (χ0v) is 41.9. The normalized spacial score (nSPS) is 48.0. The van der Waals surface area contributed by atoms with Crippen LogP contribution in [0, 0.1) is 58.2 Å². The Labute approximate surface area is 397 Å². The summed E-state index contributed by atoms with van der Waals surface area (Å²) >= 11 is 0. The van der Waals surface area contributed by atoms with Crippen LogP contribution >= 0.6 is 0 Å². The summed E-state index contributed by atoms with van der Waals surface area (Å²) in [6.07, 6.45) is 2.20. The molecule has 2 bridgehead atoms. The van der Waals surface area contributed by atoms with Crippen molar-refractivity contribution >= 4 is 17.5 Å². The van der Waals surface area contributed by atoms with Crippen molar-refractivity contribution < 1.29 is 68.3 Å². The van der Waals surface area contributed by atoms with Crippen LogP contribution in [0.2, 0.25) is 0 Å². The molecular weight excluding hydrogens is 861 g/mol. The molecule has 0 unspecified atom stereocenters. The summed E-state index contributed by atoms with van der Waals surface area (Å²) < 4.78 is 38.3. The number of allylic oxidation sites excluding steroid dienone is 4. The minimum atomic E-state index is -1.59. The van der Waals surface area contributed by atoms with Gasteiger partial charge in [-0.25, -0.2) is 4.79 Å². The first kappa shape index (κ1) is 52.0. The molecule has 7 rings (SSSR count). The number of ketones is 2. The summed E-state index contributed by atoms with van der Waals surface area (Å²) in [5, 5.41) is 56.3. The zero-order chi connectivity index (χ0) is 49.2. The average Bonchev–Trinajstić information content (AvgIpc) is 3.51. The van der Waals surface area contributed by atoms with E-state index in [0.717, 1.165) is 16.7 Å². The van der Waals surface area contributed by atoms with Crippen molar-refractivity contribution in [1.82, 2.24) is 0 Å². The minimum absolute atomic E-state index is 0.0337. The summed E-state index contributed by atoms with van der Waals surface area (Å²) in [6.45, 7) is 21.2. The smallest absolute Gasteiger partial charge is 0.346 e. The molecule has 21 atom stereocenters. The Bertz CT molecular complexity index is 2000. The largest absolute Gasteiger partial charge is 0.511 e. The summed E-state index contributed by atoms with van der Waals surface area (Å²) in [6, 6.07) is 0. The number of methoxy groups -OCH3 is 1. The average molecular weight is 941 g/mol. The van der Waals surface area contributed by atoms with Gasteiger partial charge in [-0.15, -0.1) is 0 Å². The van der Waals surface area contributed by atoms with Crippen LogP contribution < -0.4 is 0 Å². The van der Waals surface area contributed by atoms with E-state index in [1.165, 1.54) is 0 Å². The Morgan fingerprint density at radius 3 is 2.10 bits per heavy atom. The molecule has 376 valence electrons. The number of carbonyl (C=O) groups is 3. The highest BCUT2D eigenvalue weighted by molar-refractivity contribution is 6.26. The predicted octanol–water partition coefficient (Wildman–Crippen LogP) is 6.62. The lowest BCUT2D eigenvalue weighted by atomic mass is 9.48. The van der Waals surface area contributed by atoms with Crippen LogP contribution in [0.1, 0.15) is 128 Å². The fourth-order valence-electron chi connectivity index (χ4n) is 14.1. The minimum Gasteiger partial charge on any atom is -0.511 e.